The van der Waals surface area contributed by atoms with Gasteiger partial charge in [0.2, 0.25) is 0 Å². The average Bonchev–Trinajstić information content (AvgIpc) is 2.96. The van der Waals surface area contributed by atoms with E-state index in [1.165, 1.54) is 0 Å². The van der Waals surface area contributed by atoms with Crippen molar-refractivity contribution in [3.05, 3.63) is 82.1 Å². The Balaban J connectivity index is 1.68. The van der Waals surface area contributed by atoms with Crippen LogP contribution in [0.4, 0.5) is 5.69 Å². The molecule has 0 bridgehead atoms. The lowest BCUT2D eigenvalue weighted by molar-refractivity contribution is 0.102. The number of aromatic nitrogens is 4. The number of anilines is 1. The smallest absolute Gasteiger partial charge is 0.256 e. The van der Waals surface area contributed by atoms with Crippen LogP contribution in [0.5, 0.6) is 0 Å². The summed E-state index contributed by atoms with van der Waals surface area (Å²) in [6.07, 6.45) is 1.79. The second-order valence-corrected chi connectivity index (χ2v) is 7.76. The van der Waals surface area contributed by atoms with E-state index in [0.717, 1.165) is 50.5 Å². The van der Waals surface area contributed by atoms with Gasteiger partial charge in [0.25, 0.3) is 5.91 Å². The largest absolute Gasteiger partial charge is 0.319 e. The molecule has 0 aliphatic rings. The summed E-state index contributed by atoms with van der Waals surface area (Å²) in [5.41, 5.74) is 7.84. The van der Waals surface area contributed by atoms with Gasteiger partial charge >= 0.3 is 0 Å². The fourth-order valence-corrected chi connectivity index (χ4v) is 3.70. The zero-order valence-corrected chi connectivity index (χ0v) is 17.9. The van der Waals surface area contributed by atoms with Crippen molar-refractivity contribution in [1.29, 1.82) is 0 Å². The molecule has 6 heteroatoms. The monoisotopic (exact) mass is 399 g/mol. The number of fused-ring (bicyclic) bond motifs is 1. The Kier molecular flexibility index (Phi) is 5.08. The first-order valence-corrected chi connectivity index (χ1v) is 9.97. The summed E-state index contributed by atoms with van der Waals surface area (Å²) in [6.45, 7) is 10.4. The number of nitrogens with one attached hydrogen (secondary N) is 1. The summed E-state index contributed by atoms with van der Waals surface area (Å²) in [5, 5.41) is 8.57. The second-order valence-electron chi connectivity index (χ2n) is 7.76. The Bertz CT molecular complexity index is 1270. The van der Waals surface area contributed by atoms with Crippen molar-refractivity contribution < 1.29 is 4.79 Å². The summed E-state index contributed by atoms with van der Waals surface area (Å²) in [5.74, 6) is -0.157. The average molecular weight is 399 g/mol. The molecule has 0 atom stereocenters. The number of nitrogens with zero attached hydrogens (tertiary/aromatic N) is 4. The SMILES string of the molecule is Cc1ccc2nc(C)cc(C(=O)Nc3c(C)nn(Cc4ncccc4C)c3C)c2c1. The van der Waals surface area contributed by atoms with Crippen molar-refractivity contribution in [2.24, 2.45) is 0 Å². The summed E-state index contributed by atoms with van der Waals surface area (Å²) >= 11 is 0. The van der Waals surface area contributed by atoms with Gasteiger partial charge < -0.3 is 5.32 Å². The van der Waals surface area contributed by atoms with E-state index in [-0.39, 0.29) is 5.91 Å². The number of carbonyl (C=O) groups excluding carboxylic acids is 1. The predicted octanol–water partition coefficient (Wildman–Crippen LogP) is 4.67. The third kappa shape index (κ3) is 3.68. The van der Waals surface area contributed by atoms with E-state index in [1.54, 1.807) is 6.20 Å². The molecule has 0 spiro atoms. The summed E-state index contributed by atoms with van der Waals surface area (Å²) in [6, 6.07) is 11.8. The molecule has 3 heterocycles. The van der Waals surface area contributed by atoms with E-state index < -0.39 is 0 Å². The maximum atomic E-state index is 13.2. The number of rotatable bonds is 4. The molecule has 4 rings (SSSR count). The molecule has 0 saturated heterocycles. The zero-order chi connectivity index (χ0) is 21.4. The molecule has 6 nitrogen and oxygen atoms in total. The molecule has 1 amide bonds. The van der Waals surface area contributed by atoms with Crippen LogP contribution >= 0.6 is 0 Å². The van der Waals surface area contributed by atoms with Gasteiger partial charge in [-0.2, -0.15) is 5.10 Å². The fourth-order valence-electron chi connectivity index (χ4n) is 3.70. The molecule has 152 valence electrons. The normalized spacial score (nSPS) is 11.1. The van der Waals surface area contributed by atoms with Crippen LogP contribution in [0.15, 0.2) is 42.6 Å². The standard InChI is InChI=1S/C24H25N5O/c1-14-8-9-21-19(11-14)20(12-16(3)26-21)24(30)27-23-17(4)28-29(18(23)5)13-22-15(2)7-6-10-25-22/h6-12H,13H2,1-5H3,(H,27,30). The molecule has 1 aromatic carbocycles. The highest BCUT2D eigenvalue weighted by Gasteiger charge is 2.18. The quantitative estimate of drug-likeness (QED) is 0.541. The van der Waals surface area contributed by atoms with E-state index in [4.69, 9.17) is 0 Å². The molecule has 0 saturated carbocycles. The van der Waals surface area contributed by atoms with Crippen LogP contribution < -0.4 is 5.32 Å². The third-order valence-corrected chi connectivity index (χ3v) is 5.37. The zero-order valence-electron chi connectivity index (χ0n) is 17.9. The van der Waals surface area contributed by atoms with Crippen LogP contribution in [-0.4, -0.2) is 25.7 Å². The molecule has 0 aliphatic carbocycles. The molecule has 4 aromatic rings. The Labute approximate surface area is 176 Å². The first kappa shape index (κ1) is 19.8. The van der Waals surface area contributed by atoms with Crippen LogP contribution in [0.25, 0.3) is 10.9 Å². The lowest BCUT2D eigenvalue weighted by Gasteiger charge is -2.11. The third-order valence-electron chi connectivity index (χ3n) is 5.37. The molecular formula is C24H25N5O. The maximum Gasteiger partial charge on any atom is 0.256 e. The highest BCUT2D eigenvalue weighted by Crippen LogP contribution is 2.25. The van der Waals surface area contributed by atoms with Gasteiger partial charge in [0.05, 0.1) is 40.4 Å². The van der Waals surface area contributed by atoms with Crippen molar-refractivity contribution in [2.45, 2.75) is 41.2 Å². The Morgan fingerprint density at radius 2 is 1.87 bits per heavy atom. The maximum absolute atomic E-state index is 13.2. The summed E-state index contributed by atoms with van der Waals surface area (Å²) < 4.78 is 1.89. The number of hydrogen-bond donors (Lipinski definition) is 1. The highest BCUT2D eigenvalue weighted by molar-refractivity contribution is 6.12. The fraction of sp³-hybridized carbons (Fsp3) is 0.250. The van der Waals surface area contributed by atoms with E-state index in [0.29, 0.717) is 12.1 Å². The van der Waals surface area contributed by atoms with Crippen molar-refractivity contribution in [3.8, 4) is 0 Å². The lowest BCUT2D eigenvalue weighted by atomic mass is 10.0. The highest BCUT2D eigenvalue weighted by atomic mass is 16.1. The van der Waals surface area contributed by atoms with Gasteiger partial charge in [-0.15, -0.1) is 0 Å². The molecule has 30 heavy (non-hydrogen) atoms. The van der Waals surface area contributed by atoms with Crippen LogP contribution in [-0.2, 0) is 6.54 Å². The Morgan fingerprint density at radius 3 is 2.63 bits per heavy atom. The Morgan fingerprint density at radius 1 is 1.07 bits per heavy atom. The van der Waals surface area contributed by atoms with Crippen molar-refractivity contribution in [2.75, 3.05) is 5.32 Å². The van der Waals surface area contributed by atoms with Gasteiger partial charge in [0, 0.05) is 17.3 Å². The number of hydrogen-bond acceptors (Lipinski definition) is 4. The van der Waals surface area contributed by atoms with Crippen LogP contribution in [0, 0.1) is 34.6 Å². The van der Waals surface area contributed by atoms with Gasteiger partial charge in [-0.1, -0.05) is 17.7 Å². The van der Waals surface area contributed by atoms with E-state index >= 15 is 0 Å². The minimum Gasteiger partial charge on any atom is -0.319 e. The number of amides is 1. The number of aryl methyl sites for hydroxylation is 4. The lowest BCUT2D eigenvalue weighted by Crippen LogP contribution is -2.15. The predicted molar refractivity (Wildman–Crippen MR) is 119 cm³/mol. The van der Waals surface area contributed by atoms with Crippen molar-refractivity contribution in [1.82, 2.24) is 19.7 Å². The van der Waals surface area contributed by atoms with Gasteiger partial charge in [0.1, 0.15) is 0 Å². The van der Waals surface area contributed by atoms with Gasteiger partial charge in [-0.25, -0.2) is 0 Å². The second kappa shape index (κ2) is 7.71. The summed E-state index contributed by atoms with van der Waals surface area (Å²) in [7, 11) is 0. The van der Waals surface area contributed by atoms with E-state index in [1.807, 2.05) is 75.7 Å². The number of pyridine rings is 2. The molecule has 0 aliphatic heterocycles. The topological polar surface area (TPSA) is 72.7 Å². The van der Waals surface area contributed by atoms with Crippen LogP contribution in [0.1, 0.15) is 44.3 Å². The van der Waals surface area contributed by atoms with E-state index in [2.05, 4.69) is 20.4 Å². The van der Waals surface area contributed by atoms with Crippen LogP contribution in [0.2, 0.25) is 0 Å². The summed E-state index contributed by atoms with van der Waals surface area (Å²) in [4.78, 5) is 22.2. The van der Waals surface area contributed by atoms with Gasteiger partial charge in [-0.05, 0) is 64.4 Å². The van der Waals surface area contributed by atoms with Crippen LogP contribution in [0.3, 0.4) is 0 Å². The molecule has 0 radical (unpaired) electrons. The van der Waals surface area contributed by atoms with Crippen molar-refractivity contribution in [3.63, 3.8) is 0 Å². The van der Waals surface area contributed by atoms with Gasteiger partial charge in [-0.3, -0.25) is 19.4 Å². The van der Waals surface area contributed by atoms with Crippen molar-refractivity contribution >= 4 is 22.5 Å². The van der Waals surface area contributed by atoms with E-state index in [9.17, 15) is 4.79 Å². The molecule has 0 fully saturated rings. The minimum atomic E-state index is -0.157. The molecule has 3 aromatic heterocycles. The Hall–Kier alpha value is -3.54. The van der Waals surface area contributed by atoms with Gasteiger partial charge in [0.15, 0.2) is 0 Å². The first-order valence-electron chi connectivity index (χ1n) is 9.97. The number of benzene rings is 1. The molecule has 0 unspecified atom stereocenters. The molecular weight excluding hydrogens is 374 g/mol. The number of carbonyl (C=O) groups is 1. The molecule has 1 N–H and O–H groups in total. The minimum absolute atomic E-state index is 0.157. The first-order chi connectivity index (χ1) is 14.3.